The summed E-state index contributed by atoms with van der Waals surface area (Å²) in [5.74, 6) is -0.0938. The van der Waals surface area contributed by atoms with Crippen LogP contribution in [0.1, 0.15) is 66.2 Å². The third-order valence-corrected chi connectivity index (χ3v) is 3.10. The van der Waals surface area contributed by atoms with Crippen LogP contribution in [0.5, 0.6) is 0 Å². The highest BCUT2D eigenvalue weighted by atomic mass is 16.6. The van der Waals surface area contributed by atoms with E-state index in [1.165, 1.54) is 0 Å². The highest BCUT2D eigenvalue weighted by molar-refractivity contribution is 5.80. The number of hydrogen-bond donors (Lipinski definition) is 2. The highest BCUT2D eigenvalue weighted by Crippen LogP contribution is 2.18. The zero-order valence-electron chi connectivity index (χ0n) is 15.0. The summed E-state index contributed by atoms with van der Waals surface area (Å²) in [6, 6.07) is -0.686. The number of ether oxygens (including phenoxy) is 1. The van der Waals surface area contributed by atoms with E-state index in [2.05, 4.69) is 15.6 Å². The quantitative estimate of drug-likeness (QED) is 0.871. The van der Waals surface area contributed by atoms with Crippen molar-refractivity contribution in [2.75, 3.05) is 0 Å². The summed E-state index contributed by atoms with van der Waals surface area (Å²) in [6.07, 6.45) is 2.73. The molecule has 0 radical (unpaired) electrons. The summed E-state index contributed by atoms with van der Waals surface area (Å²) >= 11 is 0. The van der Waals surface area contributed by atoms with Gasteiger partial charge in [0.25, 0.3) is 0 Å². The average molecular weight is 324 g/mol. The van der Waals surface area contributed by atoms with Crippen molar-refractivity contribution in [2.45, 2.75) is 72.2 Å². The van der Waals surface area contributed by atoms with Crippen LogP contribution in [0.4, 0.5) is 4.79 Å². The first-order chi connectivity index (χ1) is 10.5. The summed E-state index contributed by atoms with van der Waals surface area (Å²) in [7, 11) is 0. The molecular formula is C16H28N4O3. The molecule has 2 atom stereocenters. The summed E-state index contributed by atoms with van der Waals surface area (Å²) in [5.41, 5.74) is 0.177. The van der Waals surface area contributed by atoms with E-state index in [4.69, 9.17) is 4.74 Å². The Labute approximate surface area is 137 Å². The maximum atomic E-state index is 12.2. The standard InChI is InChI=1S/C16H28N4O3/c1-10(2)18-14(21)12(4)20-9-17-8-13(20)11(3)19-15(22)23-16(5,6)7/h8-12H,1-7H3,(H,18,21)(H,19,22)/t11-,12?/m0/s1. The molecule has 23 heavy (non-hydrogen) atoms. The first-order valence-electron chi connectivity index (χ1n) is 7.83. The molecule has 1 aromatic rings. The van der Waals surface area contributed by atoms with Crippen molar-refractivity contribution in [1.82, 2.24) is 20.2 Å². The molecule has 0 fully saturated rings. The minimum atomic E-state index is -0.561. The van der Waals surface area contributed by atoms with E-state index in [1.54, 1.807) is 44.8 Å². The second-order valence-electron chi connectivity index (χ2n) is 6.93. The van der Waals surface area contributed by atoms with Gasteiger partial charge in [-0.1, -0.05) is 0 Å². The lowest BCUT2D eigenvalue weighted by atomic mass is 10.2. The van der Waals surface area contributed by atoms with Crippen LogP contribution in [0.25, 0.3) is 0 Å². The van der Waals surface area contributed by atoms with Crippen LogP contribution in [0.2, 0.25) is 0 Å². The zero-order chi connectivity index (χ0) is 17.8. The number of nitrogens with zero attached hydrogens (tertiary/aromatic N) is 2. The summed E-state index contributed by atoms with van der Waals surface area (Å²) in [4.78, 5) is 28.1. The smallest absolute Gasteiger partial charge is 0.408 e. The van der Waals surface area contributed by atoms with Crippen molar-refractivity contribution in [3.8, 4) is 0 Å². The van der Waals surface area contributed by atoms with Crippen molar-refractivity contribution in [3.63, 3.8) is 0 Å². The number of rotatable bonds is 5. The summed E-state index contributed by atoms with van der Waals surface area (Å²) in [6.45, 7) is 12.9. The molecule has 0 saturated carbocycles. The van der Waals surface area contributed by atoms with Gasteiger partial charge in [-0.05, 0) is 48.5 Å². The van der Waals surface area contributed by atoms with E-state index in [9.17, 15) is 9.59 Å². The predicted octanol–water partition coefficient (Wildman–Crippen LogP) is 2.55. The lowest BCUT2D eigenvalue weighted by Gasteiger charge is -2.24. The van der Waals surface area contributed by atoms with E-state index in [0.29, 0.717) is 0 Å². The Morgan fingerprint density at radius 3 is 2.30 bits per heavy atom. The second-order valence-corrected chi connectivity index (χ2v) is 6.93. The molecule has 1 heterocycles. The molecule has 7 nitrogen and oxygen atoms in total. The molecule has 130 valence electrons. The van der Waals surface area contributed by atoms with Gasteiger partial charge in [0.2, 0.25) is 5.91 Å². The van der Waals surface area contributed by atoms with Crippen molar-refractivity contribution < 1.29 is 14.3 Å². The van der Waals surface area contributed by atoms with Gasteiger partial charge in [-0.2, -0.15) is 0 Å². The van der Waals surface area contributed by atoms with E-state index >= 15 is 0 Å². The number of nitrogens with one attached hydrogen (secondary N) is 2. The molecule has 1 aromatic heterocycles. The minimum Gasteiger partial charge on any atom is -0.444 e. The van der Waals surface area contributed by atoms with Crippen LogP contribution >= 0.6 is 0 Å². The Kier molecular flexibility index (Phi) is 6.18. The van der Waals surface area contributed by atoms with Crippen LogP contribution in [0, 0.1) is 0 Å². The average Bonchev–Trinajstić information content (AvgIpc) is 2.83. The number of amides is 2. The van der Waals surface area contributed by atoms with E-state index in [-0.39, 0.29) is 18.0 Å². The van der Waals surface area contributed by atoms with Gasteiger partial charge in [0, 0.05) is 6.04 Å². The zero-order valence-corrected chi connectivity index (χ0v) is 15.0. The van der Waals surface area contributed by atoms with E-state index in [0.717, 1.165) is 5.69 Å². The van der Waals surface area contributed by atoms with Crippen molar-refractivity contribution >= 4 is 12.0 Å². The van der Waals surface area contributed by atoms with Crippen molar-refractivity contribution in [1.29, 1.82) is 0 Å². The molecule has 0 aliphatic rings. The molecule has 0 aromatic carbocycles. The van der Waals surface area contributed by atoms with Gasteiger partial charge in [-0.25, -0.2) is 9.78 Å². The highest BCUT2D eigenvalue weighted by Gasteiger charge is 2.23. The fourth-order valence-corrected chi connectivity index (χ4v) is 2.06. The first-order valence-corrected chi connectivity index (χ1v) is 7.83. The fourth-order valence-electron chi connectivity index (χ4n) is 2.06. The lowest BCUT2D eigenvalue weighted by Crippen LogP contribution is -2.37. The van der Waals surface area contributed by atoms with Gasteiger partial charge < -0.3 is 19.9 Å². The first kappa shape index (κ1) is 19.0. The Morgan fingerprint density at radius 2 is 1.78 bits per heavy atom. The Morgan fingerprint density at radius 1 is 1.17 bits per heavy atom. The molecule has 0 aliphatic heterocycles. The van der Waals surface area contributed by atoms with E-state index in [1.807, 2.05) is 20.8 Å². The van der Waals surface area contributed by atoms with Crippen molar-refractivity contribution in [3.05, 3.63) is 18.2 Å². The largest absolute Gasteiger partial charge is 0.444 e. The number of carbonyl (C=O) groups excluding carboxylic acids is 2. The predicted molar refractivity (Wildman–Crippen MR) is 88.0 cm³/mol. The van der Waals surface area contributed by atoms with Gasteiger partial charge in [-0.3, -0.25) is 4.79 Å². The molecular weight excluding hydrogens is 296 g/mol. The summed E-state index contributed by atoms with van der Waals surface area (Å²) < 4.78 is 7.00. The Hall–Kier alpha value is -2.05. The molecule has 2 amide bonds. The third-order valence-electron chi connectivity index (χ3n) is 3.10. The fraction of sp³-hybridized carbons (Fsp3) is 0.688. The number of imidazole rings is 1. The second kappa shape index (κ2) is 7.48. The molecule has 7 heteroatoms. The maximum Gasteiger partial charge on any atom is 0.408 e. The van der Waals surface area contributed by atoms with Crippen LogP contribution in [0.15, 0.2) is 12.5 Å². The maximum absolute atomic E-state index is 12.2. The van der Waals surface area contributed by atoms with Crippen LogP contribution in [-0.2, 0) is 9.53 Å². The van der Waals surface area contributed by atoms with Gasteiger partial charge in [0.1, 0.15) is 11.6 Å². The number of alkyl carbamates (subject to hydrolysis) is 1. The summed E-state index contributed by atoms with van der Waals surface area (Å²) in [5, 5.41) is 5.63. The number of hydrogen-bond acceptors (Lipinski definition) is 4. The van der Waals surface area contributed by atoms with Crippen LogP contribution in [-0.4, -0.2) is 33.2 Å². The Bertz CT molecular complexity index is 546. The van der Waals surface area contributed by atoms with Crippen LogP contribution in [0.3, 0.4) is 0 Å². The SMILES string of the molecule is CC(C)NC(=O)C(C)n1cncc1[C@H](C)NC(=O)OC(C)(C)C. The molecule has 1 unspecified atom stereocenters. The lowest BCUT2D eigenvalue weighted by molar-refractivity contribution is -0.124. The number of carbonyl (C=O) groups is 2. The Balaban J connectivity index is 2.80. The van der Waals surface area contributed by atoms with Crippen LogP contribution < -0.4 is 10.6 Å². The molecule has 1 rings (SSSR count). The normalized spacial score (nSPS) is 14.3. The van der Waals surface area contributed by atoms with Gasteiger partial charge in [0.05, 0.1) is 24.3 Å². The van der Waals surface area contributed by atoms with Gasteiger partial charge in [0.15, 0.2) is 0 Å². The molecule has 2 N–H and O–H groups in total. The molecule has 0 spiro atoms. The van der Waals surface area contributed by atoms with E-state index < -0.39 is 17.7 Å². The number of aromatic nitrogens is 2. The van der Waals surface area contributed by atoms with Gasteiger partial charge >= 0.3 is 6.09 Å². The van der Waals surface area contributed by atoms with Gasteiger partial charge in [-0.15, -0.1) is 0 Å². The van der Waals surface area contributed by atoms with Crippen molar-refractivity contribution in [2.24, 2.45) is 0 Å². The monoisotopic (exact) mass is 324 g/mol. The third kappa shape index (κ3) is 5.92. The minimum absolute atomic E-state index is 0.0641. The topological polar surface area (TPSA) is 85.3 Å². The molecule has 0 bridgehead atoms. The molecule has 0 aliphatic carbocycles. The molecule has 0 saturated heterocycles.